The summed E-state index contributed by atoms with van der Waals surface area (Å²) in [4.78, 5) is 23.8. The minimum atomic E-state index is -1.93. The van der Waals surface area contributed by atoms with E-state index in [-0.39, 0.29) is 35.7 Å². The van der Waals surface area contributed by atoms with Gasteiger partial charge in [-0.15, -0.1) is 0 Å². The highest BCUT2D eigenvalue weighted by atomic mass is 16.5. The van der Waals surface area contributed by atoms with Crippen LogP contribution < -0.4 is 0 Å². The first-order chi connectivity index (χ1) is 18.4. The highest BCUT2D eigenvalue weighted by Gasteiger charge is 2.71. The number of hydrogen-bond acceptors (Lipinski definition) is 8. The molecule has 0 amide bonds. The molecule has 0 heterocycles. The van der Waals surface area contributed by atoms with Crippen LogP contribution in [-0.4, -0.2) is 18.0 Å². The minimum absolute atomic E-state index is 0.0215. The van der Waals surface area contributed by atoms with Crippen LogP contribution in [-0.2, 0) is 19.1 Å². The monoisotopic (exact) mass is 526 g/mol. The summed E-state index contributed by atoms with van der Waals surface area (Å²) in [5, 5.41) is 41.2. The molecule has 0 aromatic carbocycles. The van der Waals surface area contributed by atoms with Gasteiger partial charge in [0.15, 0.2) is 10.8 Å². The van der Waals surface area contributed by atoms with E-state index >= 15 is 0 Å². The third kappa shape index (κ3) is 3.51. The Balaban J connectivity index is 1.60. The summed E-state index contributed by atoms with van der Waals surface area (Å²) in [6, 6.07) is 8.31. The highest BCUT2D eigenvalue weighted by molar-refractivity contribution is 5.68. The van der Waals surface area contributed by atoms with Crippen molar-refractivity contribution in [1.82, 2.24) is 0 Å². The number of ether oxygens (including phenoxy) is 2. The number of fused-ring (bicyclic) bond motifs is 7. The van der Waals surface area contributed by atoms with E-state index < -0.39 is 28.1 Å². The van der Waals surface area contributed by atoms with Gasteiger partial charge in [0.25, 0.3) is 0 Å². The van der Waals surface area contributed by atoms with Gasteiger partial charge >= 0.3 is 11.9 Å². The van der Waals surface area contributed by atoms with E-state index in [1.165, 1.54) is 19.4 Å². The summed E-state index contributed by atoms with van der Waals surface area (Å²) < 4.78 is 11.3. The summed E-state index contributed by atoms with van der Waals surface area (Å²) in [5.41, 5.74) is -2.07. The molecule has 0 bridgehead atoms. The molecular formula is C31H34N4O4. The molecule has 7 atom stereocenters. The van der Waals surface area contributed by atoms with Gasteiger partial charge in [-0.1, -0.05) is 25.5 Å². The van der Waals surface area contributed by atoms with Gasteiger partial charge in [-0.2, -0.15) is 21.0 Å². The fourth-order valence-corrected chi connectivity index (χ4v) is 9.42. The number of rotatable bonds is 2. The van der Waals surface area contributed by atoms with Gasteiger partial charge in [-0.3, -0.25) is 9.59 Å². The zero-order chi connectivity index (χ0) is 28.4. The Morgan fingerprint density at radius 2 is 1.59 bits per heavy atom. The maximum atomic E-state index is 12.2. The summed E-state index contributed by atoms with van der Waals surface area (Å²) in [6.07, 6.45) is 7.59. The minimum Gasteiger partial charge on any atom is -0.462 e. The predicted octanol–water partition coefficient (Wildman–Crippen LogP) is 5.40. The molecule has 0 N–H and O–H groups in total. The van der Waals surface area contributed by atoms with Gasteiger partial charge in [0, 0.05) is 32.6 Å². The molecule has 0 aromatic rings. The number of nitriles is 4. The van der Waals surface area contributed by atoms with E-state index in [2.05, 4.69) is 32.1 Å². The molecule has 3 fully saturated rings. The second kappa shape index (κ2) is 8.96. The first kappa shape index (κ1) is 27.0. The third-order valence-electron chi connectivity index (χ3n) is 11.2. The molecule has 5 aliphatic carbocycles. The number of esters is 2. The van der Waals surface area contributed by atoms with Crippen LogP contribution in [0.4, 0.5) is 0 Å². The van der Waals surface area contributed by atoms with E-state index in [1.807, 2.05) is 12.1 Å². The summed E-state index contributed by atoms with van der Waals surface area (Å²) >= 11 is 0. The number of nitrogens with zero attached hydrogens (tertiary/aromatic N) is 4. The Labute approximate surface area is 229 Å². The largest absolute Gasteiger partial charge is 0.462 e. The fourth-order valence-electron chi connectivity index (χ4n) is 9.42. The molecule has 0 spiro atoms. The zero-order valence-electron chi connectivity index (χ0n) is 23.0. The van der Waals surface area contributed by atoms with Gasteiger partial charge in [0.1, 0.15) is 11.9 Å². The molecule has 0 saturated heterocycles. The van der Waals surface area contributed by atoms with Crippen molar-refractivity contribution in [1.29, 1.82) is 21.0 Å². The van der Waals surface area contributed by atoms with Gasteiger partial charge in [0.2, 0.25) is 0 Å². The van der Waals surface area contributed by atoms with E-state index in [0.29, 0.717) is 18.1 Å². The van der Waals surface area contributed by atoms with Crippen LogP contribution in [0.15, 0.2) is 23.0 Å². The summed E-state index contributed by atoms with van der Waals surface area (Å²) in [7, 11) is 0. The van der Waals surface area contributed by atoms with E-state index in [0.717, 1.165) is 44.1 Å². The number of hydrogen-bond donors (Lipinski definition) is 0. The standard InChI is InChI=1S/C31H34N4O4/c1-18(36)38-21-7-9-28(3)20(11-21)5-6-22-23(28)8-10-29(4)24(22)12-25-27(29)26(39-19(2)37)13-30(14-32,15-33)31(25,16-34)17-35/h5,21-25H,6-13H2,1-4H3/t21-,22-,23+,24+,25-,28+,29+/m1/s1. The Morgan fingerprint density at radius 1 is 0.923 bits per heavy atom. The lowest BCUT2D eigenvalue weighted by molar-refractivity contribution is -0.148. The Morgan fingerprint density at radius 3 is 2.18 bits per heavy atom. The van der Waals surface area contributed by atoms with Crippen molar-refractivity contribution < 1.29 is 19.1 Å². The maximum absolute atomic E-state index is 12.2. The van der Waals surface area contributed by atoms with Gasteiger partial charge < -0.3 is 9.47 Å². The highest BCUT2D eigenvalue weighted by Crippen LogP contribution is 2.72. The fraction of sp³-hybridized carbons (Fsp3) is 0.677. The van der Waals surface area contributed by atoms with E-state index in [4.69, 9.17) is 9.47 Å². The molecule has 202 valence electrons. The lowest BCUT2D eigenvalue weighted by Crippen LogP contribution is -2.50. The molecule has 0 aromatic heterocycles. The van der Waals surface area contributed by atoms with Crippen LogP contribution in [0.3, 0.4) is 0 Å². The van der Waals surface area contributed by atoms with Crippen molar-refractivity contribution in [2.45, 2.75) is 85.2 Å². The number of carbonyl (C=O) groups excluding carboxylic acids is 2. The quantitative estimate of drug-likeness (QED) is 0.343. The van der Waals surface area contributed by atoms with Crippen LogP contribution in [0.5, 0.6) is 0 Å². The van der Waals surface area contributed by atoms with Crippen molar-refractivity contribution in [3.05, 3.63) is 23.0 Å². The number of allylic oxidation sites excluding steroid dienone is 3. The number of carbonyl (C=O) groups is 2. The van der Waals surface area contributed by atoms with Crippen molar-refractivity contribution in [2.75, 3.05) is 0 Å². The van der Waals surface area contributed by atoms with Crippen LogP contribution in [0.2, 0.25) is 0 Å². The Kier molecular flexibility index (Phi) is 6.20. The van der Waals surface area contributed by atoms with E-state index in [1.54, 1.807) is 0 Å². The molecule has 0 radical (unpaired) electrons. The van der Waals surface area contributed by atoms with Crippen molar-refractivity contribution in [3.8, 4) is 24.3 Å². The van der Waals surface area contributed by atoms with Crippen LogP contribution in [0.1, 0.15) is 79.1 Å². The van der Waals surface area contributed by atoms with Crippen molar-refractivity contribution in [2.24, 2.45) is 45.3 Å². The second-order valence-corrected chi connectivity index (χ2v) is 12.7. The van der Waals surface area contributed by atoms with Gasteiger partial charge in [0.05, 0.1) is 24.3 Å². The molecule has 39 heavy (non-hydrogen) atoms. The van der Waals surface area contributed by atoms with Crippen LogP contribution in [0.25, 0.3) is 0 Å². The maximum Gasteiger partial charge on any atom is 0.307 e. The zero-order valence-corrected chi connectivity index (χ0v) is 23.0. The first-order valence-electron chi connectivity index (χ1n) is 13.9. The molecule has 5 rings (SSSR count). The van der Waals surface area contributed by atoms with Crippen LogP contribution in [0, 0.1) is 90.7 Å². The first-order valence-corrected chi connectivity index (χ1v) is 13.9. The van der Waals surface area contributed by atoms with Gasteiger partial charge in [-0.05, 0) is 72.7 Å². The summed E-state index contributed by atoms with van der Waals surface area (Å²) in [5.74, 6) is -0.361. The lowest BCUT2D eigenvalue weighted by Gasteiger charge is -2.57. The Bertz CT molecular complexity index is 1340. The smallest absolute Gasteiger partial charge is 0.307 e. The normalized spacial score (nSPS) is 39.0. The molecule has 5 aliphatic rings. The lowest BCUT2D eigenvalue weighted by atomic mass is 9.47. The summed E-state index contributed by atoms with van der Waals surface area (Å²) in [6.45, 7) is 7.25. The second-order valence-electron chi connectivity index (χ2n) is 12.7. The molecule has 3 saturated carbocycles. The molecule has 0 aliphatic heterocycles. The molecular weight excluding hydrogens is 492 g/mol. The predicted molar refractivity (Wildman–Crippen MR) is 137 cm³/mol. The molecule has 8 heteroatoms. The Hall–Kier alpha value is -3.62. The van der Waals surface area contributed by atoms with Crippen molar-refractivity contribution >= 4 is 11.9 Å². The van der Waals surface area contributed by atoms with E-state index in [9.17, 15) is 30.6 Å². The van der Waals surface area contributed by atoms with Crippen LogP contribution >= 0.6 is 0 Å². The third-order valence-corrected chi connectivity index (χ3v) is 11.2. The molecule has 8 nitrogen and oxygen atoms in total. The topological polar surface area (TPSA) is 148 Å². The molecule has 0 unspecified atom stereocenters. The average Bonchev–Trinajstić information content (AvgIpc) is 3.22. The van der Waals surface area contributed by atoms with Crippen molar-refractivity contribution in [3.63, 3.8) is 0 Å². The SMILES string of the molecule is CC(=O)OC1=C2[C@@H](C[C@H]3[C@@H]4CC=C5C[C@H](OC(C)=O)CC[C@]5(C)[C@H]4CC[C@]23C)C(C#N)(C#N)C(C#N)(C#N)C1. The van der Waals surface area contributed by atoms with Gasteiger partial charge in [-0.25, -0.2) is 0 Å². The average molecular weight is 527 g/mol.